The average Bonchev–Trinajstić information content (AvgIpc) is 2.28. The van der Waals surface area contributed by atoms with E-state index in [9.17, 15) is 8.42 Å². The molecule has 104 valence electrons. The maximum atomic E-state index is 11.9. The molecule has 0 heterocycles. The highest BCUT2D eigenvalue weighted by atomic mass is 35.5. The molecule has 0 saturated carbocycles. The van der Waals surface area contributed by atoms with Crippen LogP contribution in [-0.4, -0.2) is 21.5 Å². The number of nitrogens with one attached hydrogen (secondary N) is 1. The van der Waals surface area contributed by atoms with Crippen molar-refractivity contribution in [1.29, 1.82) is 0 Å². The fourth-order valence-electron chi connectivity index (χ4n) is 1.38. The largest absolute Gasteiger partial charge is 0.330 e. The molecule has 0 aliphatic carbocycles. The minimum absolute atomic E-state index is 0. The fourth-order valence-corrected chi connectivity index (χ4v) is 3.04. The van der Waals surface area contributed by atoms with Crippen LogP contribution in [0.4, 0.5) is 0 Å². The van der Waals surface area contributed by atoms with Gasteiger partial charge in [0.1, 0.15) is 4.90 Å². The number of unbranched alkanes of at least 4 members (excludes halogenated alkanes) is 1. The van der Waals surface area contributed by atoms with Crippen molar-refractivity contribution in [3.63, 3.8) is 0 Å². The highest BCUT2D eigenvalue weighted by Gasteiger charge is 2.17. The lowest BCUT2D eigenvalue weighted by atomic mass is 10.2. The number of sulfonamides is 1. The van der Waals surface area contributed by atoms with E-state index in [2.05, 4.69) is 4.72 Å². The predicted octanol–water partition coefficient (Wildman–Crippen LogP) is 2.09. The number of hydrogen-bond acceptors (Lipinski definition) is 3. The Labute approximate surface area is 119 Å². The molecule has 0 unspecified atom stereocenters. The van der Waals surface area contributed by atoms with Gasteiger partial charge in [-0.05, 0) is 37.9 Å². The Morgan fingerprint density at radius 2 is 2.00 bits per heavy atom. The van der Waals surface area contributed by atoms with Crippen LogP contribution in [0, 0.1) is 6.92 Å². The monoisotopic (exact) mass is 312 g/mol. The van der Waals surface area contributed by atoms with Crippen molar-refractivity contribution in [2.45, 2.75) is 24.7 Å². The molecule has 0 amide bonds. The Balaban J connectivity index is 0.00000289. The van der Waals surface area contributed by atoms with E-state index in [1.54, 1.807) is 19.1 Å². The van der Waals surface area contributed by atoms with Crippen molar-refractivity contribution < 1.29 is 8.42 Å². The molecule has 18 heavy (non-hydrogen) atoms. The summed E-state index contributed by atoms with van der Waals surface area (Å²) in [4.78, 5) is 0.131. The molecule has 0 atom stereocenters. The van der Waals surface area contributed by atoms with E-state index in [1.807, 2.05) is 0 Å². The number of hydrogen-bond donors (Lipinski definition) is 2. The van der Waals surface area contributed by atoms with Gasteiger partial charge in [-0.25, -0.2) is 13.1 Å². The van der Waals surface area contributed by atoms with Gasteiger partial charge < -0.3 is 5.73 Å². The first-order chi connectivity index (χ1) is 7.99. The molecule has 0 fully saturated rings. The number of benzene rings is 1. The predicted molar refractivity (Wildman–Crippen MR) is 76.9 cm³/mol. The van der Waals surface area contributed by atoms with Crippen molar-refractivity contribution in [3.05, 3.63) is 28.8 Å². The Hall–Kier alpha value is -0.330. The zero-order valence-electron chi connectivity index (χ0n) is 10.1. The third-order valence-corrected chi connectivity index (χ3v) is 4.49. The SMILES string of the molecule is Cc1cccc(S(=O)(=O)NCCCCN)c1Cl.Cl. The van der Waals surface area contributed by atoms with Crippen molar-refractivity contribution in [2.24, 2.45) is 5.73 Å². The zero-order chi connectivity index (χ0) is 12.9. The molecule has 0 aromatic heterocycles. The zero-order valence-corrected chi connectivity index (χ0v) is 12.5. The topological polar surface area (TPSA) is 72.2 Å². The normalized spacial score (nSPS) is 11.1. The van der Waals surface area contributed by atoms with E-state index in [1.165, 1.54) is 6.07 Å². The molecule has 1 rings (SSSR count). The molecule has 0 radical (unpaired) electrons. The van der Waals surface area contributed by atoms with Crippen LogP contribution in [0.5, 0.6) is 0 Å². The maximum Gasteiger partial charge on any atom is 0.242 e. The molecular weight excluding hydrogens is 295 g/mol. The van der Waals surface area contributed by atoms with Gasteiger partial charge >= 0.3 is 0 Å². The second-order valence-corrected chi connectivity index (χ2v) is 5.89. The summed E-state index contributed by atoms with van der Waals surface area (Å²) < 4.78 is 26.4. The van der Waals surface area contributed by atoms with Gasteiger partial charge in [-0.2, -0.15) is 0 Å². The standard InChI is InChI=1S/C11H17ClN2O2S.ClH/c1-9-5-4-6-10(11(9)12)17(15,16)14-8-3-2-7-13;/h4-6,14H,2-3,7-8,13H2,1H3;1H. The van der Waals surface area contributed by atoms with E-state index >= 15 is 0 Å². The Morgan fingerprint density at radius 1 is 1.33 bits per heavy atom. The fraction of sp³-hybridized carbons (Fsp3) is 0.455. The van der Waals surface area contributed by atoms with Crippen molar-refractivity contribution >= 4 is 34.0 Å². The van der Waals surface area contributed by atoms with Gasteiger partial charge in [-0.1, -0.05) is 23.7 Å². The summed E-state index contributed by atoms with van der Waals surface area (Å²) >= 11 is 5.98. The summed E-state index contributed by atoms with van der Waals surface area (Å²) in [5, 5.41) is 0.277. The maximum absolute atomic E-state index is 11.9. The van der Waals surface area contributed by atoms with Crippen LogP contribution < -0.4 is 10.5 Å². The van der Waals surface area contributed by atoms with Crippen molar-refractivity contribution in [1.82, 2.24) is 4.72 Å². The third-order valence-electron chi connectivity index (χ3n) is 2.37. The second kappa shape index (κ2) is 7.96. The van der Waals surface area contributed by atoms with Crippen LogP contribution in [0.15, 0.2) is 23.1 Å². The molecule has 4 nitrogen and oxygen atoms in total. The molecule has 0 saturated heterocycles. The molecule has 0 spiro atoms. The van der Waals surface area contributed by atoms with E-state index in [4.69, 9.17) is 17.3 Å². The van der Waals surface area contributed by atoms with Gasteiger partial charge in [0, 0.05) is 6.54 Å². The van der Waals surface area contributed by atoms with E-state index in [-0.39, 0.29) is 22.3 Å². The van der Waals surface area contributed by atoms with Crippen LogP contribution >= 0.6 is 24.0 Å². The molecule has 1 aromatic carbocycles. The summed E-state index contributed by atoms with van der Waals surface area (Å²) in [6.07, 6.45) is 1.52. The smallest absolute Gasteiger partial charge is 0.242 e. The minimum Gasteiger partial charge on any atom is -0.330 e. The molecule has 0 bridgehead atoms. The van der Waals surface area contributed by atoms with Gasteiger partial charge in [0.15, 0.2) is 0 Å². The van der Waals surface area contributed by atoms with Gasteiger partial charge in [-0.15, -0.1) is 12.4 Å². The highest BCUT2D eigenvalue weighted by molar-refractivity contribution is 7.89. The number of nitrogens with two attached hydrogens (primary N) is 1. The first kappa shape index (κ1) is 17.7. The summed E-state index contributed by atoms with van der Waals surface area (Å²) in [6, 6.07) is 4.95. The van der Waals surface area contributed by atoms with Crippen LogP contribution in [0.3, 0.4) is 0 Å². The lowest BCUT2D eigenvalue weighted by Gasteiger charge is -2.09. The molecule has 7 heteroatoms. The summed E-state index contributed by atoms with van der Waals surface area (Å²) in [7, 11) is -3.52. The summed E-state index contributed by atoms with van der Waals surface area (Å²) in [5.41, 5.74) is 6.08. The Morgan fingerprint density at radius 3 is 2.61 bits per heavy atom. The number of rotatable bonds is 6. The molecule has 1 aromatic rings. The van der Waals surface area contributed by atoms with Crippen LogP contribution in [0.2, 0.25) is 5.02 Å². The molecule has 3 N–H and O–H groups in total. The van der Waals surface area contributed by atoms with Gasteiger partial charge in [0.2, 0.25) is 10.0 Å². The lowest BCUT2D eigenvalue weighted by Crippen LogP contribution is -2.25. The number of halogens is 2. The highest BCUT2D eigenvalue weighted by Crippen LogP contribution is 2.24. The lowest BCUT2D eigenvalue weighted by molar-refractivity contribution is 0.577. The third kappa shape index (κ3) is 4.74. The quantitative estimate of drug-likeness (QED) is 0.790. The number of aryl methyl sites for hydroxylation is 1. The Kier molecular flexibility index (Phi) is 7.82. The summed E-state index contributed by atoms with van der Waals surface area (Å²) in [6.45, 7) is 2.71. The van der Waals surface area contributed by atoms with Gasteiger partial charge in [-0.3, -0.25) is 0 Å². The average molecular weight is 313 g/mol. The van der Waals surface area contributed by atoms with Crippen LogP contribution in [-0.2, 0) is 10.0 Å². The van der Waals surface area contributed by atoms with Crippen molar-refractivity contribution in [2.75, 3.05) is 13.1 Å². The van der Waals surface area contributed by atoms with Crippen LogP contribution in [0.1, 0.15) is 18.4 Å². The van der Waals surface area contributed by atoms with Gasteiger partial charge in [0.25, 0.3) is 0 Å². The van der Waals surface area contributed by atoms with E-state index in [0.29, 0.717) is 13.1 Å². The minimum atomic E-state index is -3.52. The second-order valence-electron chi connectivity index (χ2n) is 3.78. The molecular formula is C11H18Cl2N2O2S. The van der Waals surface area contributed by atoms with E-state index < -0.39 is 10.0 Å². The first-order valence-corrected chi connectivity index (χ1v) is 7.30. The Bertz CT molecular complexity index is 478. The van der Waals surface area contributed by atoms with Crippen LogP contribution in [0.25, 0.3) is 0 Å². The molecule has 0 aliphatic rings. The molecule has 0 aliphatic heterocycles. The summed E-state index contributed by atoms with van der Waals surface area (Å²) in [5.74, 6) is 0. The van der Waals surface area contributed by atoms with Gasteiger partial charge in [0.05, 0.1) is 5.02 Å². The first-order valence-electron chi connectivity index (χ1n) is 5.44. The van der Waals surface area contributed by atoms with Crippen molar-refractivity contribution in [3.8, 4) is 0 Å². The van der Waals surface area contributed by atoms with E-state index in [0.717, 1.165) is 18.4 Å².